The van der Waals surface area contributed by atoms with Crippen LogP contribution in [0.5, 0.6) is 0 Å². The van der Waals surface area contributed by atoms with Gasteiger partial charge in [0, 0.05) is 35.5 Å². The number of rotatable bonds is 4. The Morgan fingerprint density at radius 1 is 0.844 bits per heavy atom. The van der Waals surface area contributed by atoms with E-state index in [2.05, 4.69) is 0 Å². The topological polar surface area (TPSA) is 57.7 Å². The number of benzene rings is 3. The van der Waals surface area contributed by atoms with Crippen molar-refractivity contribution in [1.82, 2.24) is 0 Å². The molecule has 0 saturated carbocycles. The molecule has 1 amide bonds. The van der Waals surface area contributed by atoms with Crippen molar-refractivity contribution >= 4 is 56.4 Å². The zero-order chi connectivity index (χ0) is 23.0. The first-order chi connectivity index (χ1) is 15.2. The molecule has 1 saturated heterocycles. The Morgan fingerprint density at radius 3 is 1.91 bits per heavy atom. The van der Waals surface area contributed by atoms with E-state index >= 15 is 0 Å². The van der Waals surface area contributed by atoms with Crippen LogP contribution in [0.1, 0.15) is 16.5 Å². The molecule has 1 atom stereocenters. The van der Waals surface area contributed by atoms with Gasteiger partial charge in [0.2, 0.25) is 9.84 Å². The second-order valence-corrected chi connectivity index (χ2v) is 10.4. The number of hydrogen-bond acceptors (Lipinski definition) is 4. The van der Waals surface area contributed by atoms with E-state index in [1.807, 2.05) is 31.1 Å². The Bertz CT molecular complexity index is 1280. The van der Waals surface area contributed by atoms with Crippen LogP contribution in [0.3, 0.4) is 0 Å². The molecule has 0 bridgehead atoms. The van der Waals surface area contributed by atoms with Crippen LogP contribution in [-0.4, -0.2) is 28.4 Å². The van der Waals surface area contributed by atoms with Crippen LogP contribution in [0.4, 0.5) is 11.4 Å². The molecule has 0 aliphatic carbocycles. The minimum absolute atomic E-state index is 0.259. The Morgan fingerprint density at radius 2 is 1.38 bits per heavy atom. The number of sulfone groups is 1. The van der Waals surface area contributed by atoms with E-state index in [0.29, 0.717) is 26.9 Å². The van der Waals surface area contributed by atoms with E-state index in [9.17, 15) is 13.2 Å². The lowest BCUT2D eigenvalue weighted by Crippen LogP contribution is -2.28. The second-order valence-electron chi connectivity index (χ2n) is 7.60. The maximum absolute atomic E-state index is 13.6. The zero-order valence-corrected chi connectivity index (χ0v) is 19.7. The molecule has 1 aliphatic heterocycles. The monoisotopic (exact) mass is 486 g/mol. The number of nitrogens with zero attached hydrogens (tertiary/aromatic N) is 2. The van der Waals surface area contributed by atoms with Gasteiger partial charge in [0.05, 0.1) is 0 Å². The summed E-state index contributed by atoms with van der Waals surface area (Å²) < 4.78 is 27.2. The lowest BCUT2D eigenvalue weighted by Gasteiger charge is -2.23. The molecule has 0 unspecified atom stereocenters. The molecule has 1 aliphatic rings. The first-order valence-corrected chi connectivity index (χ1v) is 12.1. The maximum atomic E-state index is 13.6. The molecule has 8 heteroatoms. The summed E-state index contributed by atoms with van der Waals surface area (Å²) in [6.45, 7) is 0. The number of halogens is 2. The number of amides is 1. The molecule has 164 valence electrons. The Balaban J connectivity index is 1.86. The predicted octanol–water partition coefficient (Wildman–Crippen LogP) is 5.56. The van der Waals surface area contributed by atoms with Crippen molar-refractivity contribution in [2.24, 2.45) is 0 Å². The van der Waals surface area contributed by atoms with Gasteiger partial charge in [-0.3, -0.25) is 9.69 Å². The summed E-state index contributed by atoms with van der Waals surface area (Å²) in [5.74, 6) is -0.594. The third-order valence-electron chi connectivity index (χ3n) is 5.23. The molecule has 0 aromatic heterocycles. The largest absolute Gasteiger partial charge is 0.378 e. The van der Waals surface area contributed by atoms with E-state index in [1.54, 1.807) is 60.7 Å². The van der Waals surface area contributed by atoms with Crippen molar-refractivity contribution in [3.63, 3.8) is 0 Å². The van der Waals surface area contributed by atoms with Gasteiger partial charge >= 0.3 is 0 Å². The molecular weight excluding hydrogens is 467 g/mol. The molecule has 4 rings (SSSR count). The highest BCUT2D eigenvalue weighted by Crippen LogP contribution is 2.43. The normalized spacial score (nSPS) is 18.9. The number of hydrogen-bond donors (Lipinski definition) is 0. The lowest BCUT2D eigenvalue weighted by atomic mass is 10.1. The van der Waals surface area contributed by atoms with E-state index in [0.717, 1.165) is 5.69 Å². The lowest BCUT2D eigenvalue weighted by molar-refractivity contribution is -0.114. The van der Waals surface area contributed by atoms with Gasteiger partial charge < -0.3 is 4.90 Å². The highest BCUT2D eigenvalue weighted by Gasteiger charge is 2.50. The molecule has 1 fully saturated rings. The standard InChI is InChI=1S/C24H20Cl2N2O3S/c1-27(2)20-11-3-16(4-12-20)15-22-23(29)28(21-13-9-19(26)10-14-21)24(32(22,30)31)17-5-7-18(25)8-6-17/h3-15,24H,1-2H3/b22-15-/t24-/m0/s1. The number of carbonyl (C=O) groups is 1. The molecule has 32 heavy (non-hydrogen) atoms. The van der Waals surface area contributed by atoms with Crippen molar-refractivity contribution in [2.75, 3.05) is 23.9 Å². The summed E-state index contributed by atoms with van der Waals surface area (Å²) in [4.78, 5) is 16.4. The van der Waals surface area contributed by atoms with Crippen LogP contribution in [0, 0.1) is 0 Å². The summed E-state index contributed by atoms with van der Waals surface area (Å²) in [5, 5.41) is -0.242. The first kappa shape index (κ1) is 22.4. The fourth-order valence-corrected chi connectivity index (χ4v) is 5.72. The van der Waals surface area contributed by atoms with Crippen LogP contribution in [0.2, 0.25) is 10.0 Å². The van der Waals surface area contributed by atoms with Crippen LogP contribution in [0.25, 0.3) is 6.08 Å². The summed E-state index contributed by atoms with van der Waals surface area (Å²) >= 11 is 12.0. The third kappa shape index (κ3) is 4.13. The van der Waals surface area contributed by atoms with Gasteiger partial charge in [-0.25, -0.2) is 8.42 Å². The van der Waals surface area contributed by atoms with Crippen LogP contribution in [0.15, 0.2) is 77.7 Å². The van der Waals surface area contributed by atoms with Gasteiger partial charge in [-0.2, -0.15) is 0 Å². The third-order valence-corrected chi connectivity index (χ3v) is 7.71. The predicted molar refractivity (Wildman–Crippen MR) is 131 cm³/mol. The van der Waals surface area contributed by atoms with E-state index < -0.39 is 21.1 Å². The van der Waals surface area contributed by atoms with Crippen molar-refractivity contribution in [3.8, 4) is 0 Å². The Labute approximate surface area is 197 Å². The smallest absolute Gasteiger partial charge is 0.271 e. The molecule has 3 aromatic rings. The van der Waals surface area contributed by atoms with Gasteiger partial charge in [-0.05, 0) is 65.7 Å². The molecule has 0 N–H and O–H groups in total. The van der Waals surface area contributed by atoms with Gasteiger partial charge in [-0.15, -0.1) is 0 Å². The highest BCUT2D eigenvalue weighted by molar-refractivity contribution is 7.97. The summed E-state index contributed by atoms with van der Waals surface area (Å²) in [6, 6.07) is 20.3. The number of anilines is 2. The first-order valence-electron chi connectivity index (χ1n) is 9.76. The van der Waals surface area contributed by atoms with Crippen molar-refractivity contribution in [3.05, 3.63) is 98.9 Å². The zero-order valence-electron chi connectivity index (χ0n) is 17.4. The number of carbonyl (C=O) groups excluding carboxylic acids is 1. The van der Waals surface area contributed by atoms with E-state index in [-0.39, 0.29) is 4.91 Å². The minimum atomic E-state index is -4.02. The van der Waals surface area contributed by atoms with E-state index in [4.69, 9.17) is 23.2 Å². The van der Waals surface area contributed by atoms with Gasteiger partial charge in [-0.1, -0.05) is 47.5 Å². The average molecular weight is 487 g/mol. The summed E-state index contributed by atoms with van der Waals surface area (Å²) in [7, 11) is -0.192. The van der Waals surface area contributed by atoms with Crippen LogP contribution in [-0.2, 0) is 14.6 Å². The summed E-state index contributed by atoms with van der Waals surface area (Å²) in [5.41, 5.74) is 2.48. The molecular formula is C24H20Cl2N2O3S. The molecule has 1 heterocycles. The van der Waals surface area contributed by atoms with Gasteiger partial charge in [0.15, 0.2) is 5.37 Å². The Hall–Kier alpha value is -2.80. The van der Waals surface area contributed by atoms with Crippen molar-refractivity contribution in [1.29, 1.82) is 0 Å². The molecule has 3 aromatic carbocycles. The van der Waals surface area contributed by atoms with Gasteiger partial charge in [0.25, 0.3) is 5.91 Å². The van der Waals surface area contributed by atoms with Crippen LogP contribution < -0.4 is 9.80 Å². The summed E-state index contributed by atoms with van der Waals surface area (Å²) in [6.07, 6.45) is 1.43. The molecule has 0 spiro atoms. The quantitative estimate of drug-likeness (QED) is 0.452. The minimum Gasteiger partial charge on any atom is -0.378 e. The fraction of sp³-hybridized carbons (Fsp3) is 0.125. The molecule has 0 radical (unpaired) electrons. The Kier molecular flexibility index (Phi) is 6.03. The van der Waals surface area contributed by atoms with Crippen LogP contribution >= 0.6 is 23.2 Å². The second kappa shape index (κ2) is 8.62. The fourth-order valence-electron chi connectivity index (χ4n) is 3.58. The van der Waals surface area contributed by atoms with Gasteiger partial charge in [0.1, 0.15) is 4.91 Å². The highest BCUT2D eigenvalue weighted by atomic mass is 35.5. The maximum Gasteiger partial charge on any atom is 0.271 e. The SMILES string of the molecule is CN(C)c1ccc(/C=C2/C(=O)N(c3ccc(Cl)cc3)[C@H](c3ccc(Cl)cc3)S2(=O)=O)cc1. The molecule has 5 nitrogen and oxygen atoms in total. The van der Waals surface area contributed by atoms with Crippen molar-refractivity contribution in [2.45, 2.75) is 5.37 Å². The average Bonchev–Trinajstić information content (AvgIpc) is 2.96. The van der Waals surface area contributed by atoms with E-state index in [1.165, 1.54) is 11.0 Å². The van der Waals surface area contributed by atoms with Crippen molar-refractivity contribution < 1.29 is 13.2 Å².